The number of amides is 1. The average molecular weight is 309 g/mol. The molecular formula is C10H10F3N3O3S. The van der Waals surface area contributed by atoms with Gasteiger partial charge >= 0.3 is 12.5 Å². The van der Waals surface area contributed by atoms with Gasteiger partial charge in [-0.25, -0.2) is 10.2 Å². The maximum absolute atomic E-state index is 11.9. The van der Waals surface area contributed by atoms with Gasteiger partial charge in [0, 0.05) is 5.69 Å². The molecule has 0 unspecified atom stereocenters. The Morgan fingerprint density at radius 1 is 1.20 bits per heavy atom. The molecular weight excluding hydrogens is 299 g/mol. The van der Waals surface area contributed by atoms with Gasteiger partial charge in [0.2, 0.25) is 0 Å². The van der Waals surface area contributed by atoms with E-state index in [2.05, 4.69) is 25.6 Å². The predicted octanol–water partition coefficient (Wildman–Crippen LogP) is 2.14. The number of thiocarbonyl (C=S) groups is 1. The highest BCUT2D eigenvalue weighted by Gasteiger charge is 2.30. The first kappa shape index (κ1) is 15.8. The standard InChI is InChI=1S/C10H10F3N3O3S/c1-18-9(17)16-15-8(20)14-6-2-4-7(5-3-6)19-10(11,12)13/h2-5H,1H3,(H,16,17)(H2,14,15,20). The van der Waals surface area contributed by atoms with E-state index in [0.717, 1.165) is 12.1 Å². The van der Waals surface area contributed by atoms with E-state index < -0.39 is 12.5 Å². The van der Waals surface area contributed by atoms with Crippen LogP contribution >= 0.6 is 12.2 Å². The number of benzene rings is 1. The van der Waals surface area contributed by atoms with Crippen LogP contribution in [0.3, 0.4) is 0 Å². The van der Waals surface area contributed by atoms with Gasteiger partial charge in [-0.05, 0) is 36.5 Å². The molecule has 0 fully saturated rings. The first-order chi connectivity index (χ1) is 9.30. The van der Waals surface area contributed by atoms with Crippen molar-refractivity contribution in [3.8, 4) is 5.75 Å². The molecule has 1 rings (SSSR count). The molecule has 0 aliphatic carbocycles. The number of rotatable bonds is 2. The Morgan fingerprint density at radius 3 is 2.30 bits per heavy atom. The van der Waals surface area contributed by atoms with Gasteiger partial charge in [0.15, 0.2) is 5.11 Å². The fraction of sp³-hybridized carbons (Fsp3) is 0.200. The van der Waals surface area contributed by atoms with Gasteiger partial charge in [-0.1, -0.05) is 0 Å². The van der Waals surface area contributed by atoms with E-state index in [9.17, 15) is 18.0 Å². The molecule has 1 amide bonds. The molecule has 0 aliphatic heterocycles. The van der Waals surface area contributed by atoms with Crippen molar-refractivity contribution in [3.05, 3.63) is 24.3 Å². The first-order valence-electron chi connectivity index (χ1n) is 5.07. The summed E-state index contributed by atoms with van der Waals surface area (Å²) in [4.78, 5) is 10.7. The Bertz CT molecular complexity index is 479. The molecule has 1 aromatic rings. The lowest BCUT2D eigenvalue weighted by Crippen LogP contribution is -2.43. The van der Waals surface area contributed by atoms with Crippen LogP contribution in [0.2, 0.25) is 0 Å². The van der Waals surface area contributed by atoms with Crippen LogP contribution in [-0.4, -0.2) is 24.7 Å². The molecule has 1 aromatic carbocycles. The summed E-state index contributed by atoms with van der Waals surface area (Å²) in [5.74, 6) is -0.352. The normalized spacial score (nSPS) is 10.4. The number of carbonyl (C=O) groups excluding carboxylic acids is 1. The molecule has 10 heteroatoms. The number of halogens is 3. The molecule has 0 atom stereocenters. The molecule has 20 heavy (non-hydrogen) atoms. The summed E-state index contributed by atoms with van der Waals surface area (Å²) >= 11 is 4.82. The van der Waals surface area contributed by atoms with Crippen molar-refractivity contribution < 1.29 is 27.4 Å². The number of anilines is 1. The highest BCUT2D eigenvalue weighted by atomic mass is 32.1. The maximum atomic E-state index is 11.9. The quantitative estimate of drug-likeness (QED) is 0.574. The largest absolute Gasteiger partial charge is 0.573 e. The van der Waals surface area contributed by atoms with Crippen molar-refractivity contribution in [2.75, 3.05) is 12.4 Å². The summed E-state index contributed by atoms with van der Waals surface area (Å²) in [7, 11) is 1.17. The summed E-state index contributed by atoms with van der Waals surface area (Å²) in [6, 6.07) is 4.89. The topological polar surface area (TPSA) is 71.6 Å². The number of hydrazine groups is 1. The number of carbonyl (C=O) groups is 1. The zero-order chi connectivity index (χ0) is 15.2. The Labute approximate surface area is 117 Å². The molecule has 0 saturated heterocycles. The Kier molecular flexibility index (Phi) is 5.38. The van der Waals surface area contributed by atoms with Crippen LogP contribution in [0.5, 0.6) is 5.75 Å². The maximum Gasteiger partial charge on any atom is 0.573 e. The fourth-order valence-electron chi connectivity index (χ4n) is 1.06. The third kappa shape index (κ3) is 6.09. The van der Waals surface area contributed by atoms with E-state index in [0.29, 0.717) is 5.69 Å². The molecule has 0 spiro atoms. The Morgan fingerprint density at radius 2 is 1.80 bits per heavy atom. The lowest BCUT2D eigenvalue weighted by molar-refractivity contribution is -0.274. The van der Waals surface area contributed by atoms with Crippen LogP contribution in [0.15, 0.2) is 24.3 Å². The highest BCUT2D eigenvalue weighted by Crippen LogP contribution is 2.23. The van der Waals surface area contributed by atoms with E-state index in [-0.39, 0.29) is 10.9 Å². The van der Waals surface area contributed by atoms with Crippen LogP contribution in [0.1, 0.15) is 0 Å². The van der Waals surface area contributed by atoms with Gasteiger partial charge in [-0.2, -0.15) is 0 Å². The molecule has 0 aromatic heterocycles. The number of nitrogens with one attached hydrogen (secondary N) is 3. The second-order valence-corrected chi connectivity index (χ2v) is 3.68. The van der Waals surface area contributed by atoms with Gasteiger partial charge in [-0.15, -0.1) is 13.2 Å². The number of ether oxygens (including phenoxy) is 2. The fourth-order valence-corrected chi connectivity index (χ4v) is 1.23. The van der Waals surface area contributed by atoms with Crippen LogP contribution in [-0.2, 0) is 4.74 Å². The van der Waals surface area contributed by atoms with Crippen molar-refractivity contribution in [1.82, 2.24) is 10.9 Å². The molecule has 0 heterocycles. The zero-order valence-corrected chi connectivity index (χ0v) is 10.9. The molecule has 110 valence electrons. The van der Waals surface area contributed by atoms with Gasteiger partial charge in [0.05, 0.1) is 7.11 Å². The second kappa shape index (κ2) is 6.80. The van der Waals surface area contributed by atoms with Gasteiger partial charge in [-0.3, -0.25) is 5.43 Å². The summed E-state index contributed by atoms with van der Waals surface area (Å²) in [6.45, 7) is 0. The van der Waals surface area contributed by atoms with Gasteiger partial charge in [0.1, 0.15) is 5.75 Å². The van der Waals surface area contributed by atoms with Crippen LogP contribution in [0.4, 0.5) is 23.7 Å². The highest BCUT2D eigenvalue weighted by molar-refractivity contribution is 7.80. The lowest BCUT2D eigenvalue weighted by atomic mass is 10.3. The average Bonchev–Trinajstić information content (AvgIpc) is 2.36. The van der Waals surface area contributed by atoms with Crippen LogP contribution in [0, 0.1) is 0 Å². The molecule has 0 radical (unpaired) electrons. The molecule has 0 saturated carbocycles. The van der Waals surface area contributed by atoms with Crippen molar-refractivity contribution in [2.24, 2.45) is 0 Å². The Hall–Kier alpha value is -2.23. The van der Waals surface area contributed by atoms with Crippen LogP contribution < -0.4 is 20.9 Å². The summed E-state index contributed by atoms with van der Waals surface area (Å²) in [5, 5.41) is 2.65. The molecule has 3 N–H and O–H groups in total. The molecule has 0 aliphatic rings. The van der Waals surface area contributed by atoms with E-state index in [1.54, 1.807) is 0 Å². The minimum absolute atomic E-state index is 0.0277. The van der Waals surface area contributed by atoms with Crippen molar-refractivity contribution in [1.29, 1.82) is 0 Å². The molecule has 6 nitrogen and oxygen atoms in total. The van der Waals surface area contributed by atoms with E-state index >= 15 is 0 Å². The summed E-state index contributed by atoms with van der Waals surface area (Å²) in [6.07, 6.45) is -5.49. The van der Waals surface area contributed by atoms with E-state index in [4.69, 9.17) is 12.2 Å². The second-order valence-electron chi connectivity index (χ2n) is 3.27. The van der Waals surface area contributed by atoms with Crippen molar-refractivity contribution in [3.63, 3.8) is 0 Å². The van der Waals surface area contributed by atoms with Crippen molar-refractivity contribution in [2.45, 2.75) is 6.36 Å². The zero-order valence-electron chi connectivity index (χ0n) is 10.1. The predicted molar refractivity (Wildman–Crippen MR) is 68.0 cm³/mol. The number of alkyl halides is 3. The SMILES string of the molecule is COC(=O)NNC(=S)Nc1ccc(OC(F)(F)F)cc1. The minimum Gasteiger partial charge on any atom is -0.452 e. The Balaban J connectivity index is 2.49. The monoisotopic (exact) mass is 309 g/mol. The van der Waals surface area contributed by atoms with Gasteiger partial charge < -0.3 is 14.8 Å². The van der Waals surface area contributed by atoms with Crippen LogP contribution in [0.25, 0.3) is 0 Å². The van der Waals surface area contributed by atoms with E-state index in [1.165, 1.54) is 19.2 Å². The van der Waals surface area contributed by atoms with E-state index in [1.807, 2.05) is 0 Å². The smallest absolute Gasteiger partial charge is 0.452 e. The minimum atomic E-state index is -4.74. The summed E-state index contributed by atoms with van der Waals surface area (Å²) < 4.78 is 43.8. The van der Waals surface area contributed by atoms with Gasteiger partial charge in [0.25, 0.3) is 0 Å². The third-order valence-corrected chi connectivity index (χ3v) is 2.01. The summed E-state index contributed by atoms with van der Waals surface area (Å²) in [5.41, 5.74) is 4.83. The lowest BCUT2D eigenvalue weighted by Gasteiger charge is -2.12. The first-order valence-corrected chi connectivity index (χ1v) is 5.48. The number of methoxy groups -OCH3 is 1. The number of hydrogen-bond donors (Lipinski definition) is 3. The third-order valence-electron chi connectivity index (χ3n) is 1.81. The van der Waals surface area contributed by atoms with Crippen molar-refractivity contribution >= 4 is 29.1 Å². The molecule has 0 bridgehead atoms. The number of hydrogen-bond acceptors (Lipinski definition) is 4.